The van der Waals surface area contributed by atoms with Gasteiger partial charge in [-0.1, -0.05) is 19.3 Å². The highest BCUT2D eigenvalue weighted by Gasteiger charge is 2.19. The lowest BCUT2D eigenvalue weighted by molar-refractivity contribution is 0.181. The van der Waals surface area contributed by atoms with Crippen molar-refractivity contribution in [2.24, 2.45) is 11.8 Å². The Morgan fingerprint density at radius 2 is 0.760 bits per heavy atom. The number of nitrogens with zero attached hydrogens (tertiary/aromatic N) is 4. The standard InChI is InChI=1S/C15H30N2.C6H14N2/c1-16-10-6-14(7-11-16)4-3-5-15-8-12-17(2)13-9-15;1-7-3-5-8(2)6-4-7/h14-15H,3-13H2,1-2H3;3-6H2,1-2H3. The minimum absolute atomic E-state index is 1.04. The van der Waals surface area contributed by atoms with Gasteiger partial charge >= 0.3 is 0 Å². The van der Waals surface area contributed by atoms with E-state index in [-0.39, 0.29) is 0 Å². The molecule has 3 heterocycles. The van der Waals surface area contributed by atoms with Crippen LogP contribution in [0.1, 0.15) is 44.9 Å². The second-order valence-electron chi connectivity index (χ2n) is 9.03. The molecular formula is C21H44N4. The Morgan fingerprint density at radius 1 is 0.480 bits per heavy atom. The molecular weight excluding hydrogens is 308 g/mol. The van der Waals surface area contributed by atoms with Gasteiger partial charge in [0.2, 0.25) is 0 Å². The van der Waals surface area contributed by atoms with E-state index in [1.54, 1.807) is 0 Å². The zero-order valence-corrected chi connectivity index (χ0v) is 17.6. The lowest BCUT2D eigenvalue weighted by atomic mass is 9.87. The van der Waals surface area contributed by atoms with Crippen LogP contribution < -0.4 is 0 Å². The molecule has 0 saturated carbocycles. The van der Waals surface area contributed by atoms with Gasteiger partial charge in [-0.15, -0.1) is 0 Å². The third kappa shape index (κ3) is 8.85. The number of piperidine rings is 2. The van der Waals surface area contributed by atoms with Crippen molar-refractivity contribution in [3.8, 4) is 0 Å². The van der Waals surface area contributed by atoms with Crippen LogP contribution in [-0.2, 0) is 0 Å². The van der Waals surface area contributed by atoms with Gasteiger partial charge in [0.1, 0.15) is 0 Å². The Morgan fingerprint density at radius 3 is 1.08 bits per heavy atom. The smallest absolute Gasteiger partial charge is 0.0107 e. The summed E-state index contributed by atoms with van der Waals surface area (Å²) in [5.41, 5.74) is 0. The van der Waals surface area contributed by atoms with Crippen LogP contribution in [0.15, 0.2) is 0 Å². The average Bonchev–Trinajstić information content (AvgIpc) is 2.62. The van der Waals surface area contributed by atoms with Gasteiger partial charge < -0.3 is 19.6 Å². The van der Waals surface area contributed by atoms with Crippen LogP contribution in [-0.4, -0.2) is 100 Å². The molecule has 0 spiro atoms. The van der Waals surface area contributed by atoms with Gasteiger partial charge in [-0.2, -0.15) is 0 Å². The molecule has 3 aliphatic heterocycles. The van der Waals surface area contributed by atoms with Gasteiger partial charge in [-0.3, -0.25) is 0 Å². The van der Waals surface area contributed by atoms with Gasteiger partial charge in [-0.25, -0.2) is 0 Å². The Balaban J connectivity index is 0.000000236. The number of hydrogen-bond donors (Lipinski definition) is 0. The molecule has 0 unspecified atom stereocenters. The first-order valence-electron chi connectivity index (χ1n) is 10.8. The first-order valence-corrected chi connectivity index (χ1v) is 10.8. The molecule has 3 fully saturated rings. The summed E-state index contributed by atoms with van der Waals surface area (Å²) in [6.45, 7) is 10.3. The van der Waals surface area contributed by atoms with Gasteiger partial charge in [0.05, 0.1) is 0 Å². The normalized spacial score (nSPS) is 26.4. The van der Waals surface area contributed by atoms with Crippen molar-refractivity contribution in [3.63, 3.8) is 0 Å². The van der Waals surface area contributed by atoms with Gasteiger partial charge in [-0.05, 0) is 91.9 Å². The summed E-state index contributed by atoms with van der Waals surface area (Å²) >= 11 is 0. The molecule has 0 N–H and O–H groups in total. The maximum atomic E-state index is 2.48. The van der Waals surface area contributed by atoms with Crippen LogP contribution in [0.4, 0.5) is 0 Å². The van der Waals surface area contributed by atoms with Gasteiger partial charge in [0, 0.05) is 26.2 Å². The molecule has 0 amide bonds. The lowest BCUT2D eigenvalue weighted by Crippen LogP contribution is -2.42. The summed E-state index contributed by atoms with van der Waals surface area (Å²) in [5.74, 6) is 2.08. The molecule has 0 aliphatic carbocycles. The van der Waals surface area contributed by atoms with Gasteiger partial charge in [0.15, 0.2) is 0 Å². The molecule has 0 aromatic carbocycles. The molecule has 148 valence electrons. The quantitative estimate of drug-likeness (QED) is 0.771. The predicted octanol–water partition coefficient (Wildman–Crippen LogP) is 2.70. The van der Waals surface area contributed by atoms with E-state index in [1.165, 1.54) is 97.3 Å². The highest BCUT2D eigenvalue weighted by molar-refractivity contribution is 4.73. The Labute approximate surface area is 157 Å². The van der Waals surface area contributed by atoms with E-state index < -0.39 is 0 Å². The highest BCUT2D eigenvalue weighted by atomic mass is 15.2. The fourth-order valence-electron chi connectivity index (χ4n) is 4.30. The van der Waals surface area contributed by atoms with E-state index in [1.807, 2.05) is 0 Å². The monoisotopic (exact) mass is 352 g/mol. The van der Waals surface area contributed by atoms with Crippen molar-refractivity contribution in [1.82, 2.24) is 19.6 Å². The summed E-state index contributed by atoms with van der Waals surface area (Å²) in [6, 6.07) is 0. The molecule has 0 atom stereocenters. The minimum atomic E-state index is 1.04. The van der Waals surface area contributed by atoms with Crippen LogP contribution in [0.2, 0.25) is 0 Å². The highest BCUT2D eigenvalue weighted by Crippen LogP contribution is 2.26. The predicted molar refractivity (Wildman–Crippen MR) is 109 cm³/mol. The summed E-state index contributed by atoms with van der Waals surface area (Å²) in [5, 5.41) is 0. The fourth-order valence-corrected chi connectivity index (χ4v) is 4.30. The zero-order valence-electron chi connectivity index (χ0n) is 17.6. The SMILES string of the molecule is CN1CCC(CCCC2CCN(C)CC2)CC1.CN1CCN(C)CC1. The van der Waals surface area contributed by atoms with Crippen molar-refractivity contribution in [2.45, 2.75) is 44.9 Å². The van der Waals surface area contributed by atoms with Crippen LogP contribution in [0.25, 0.3) is 0 Å². The van der Waals surface area contributed by atoms with Crippen LogP contribution in [0, 0.1) is 11.8 Å². The number of hydrogen-bond acceptors (Lipinski definition) is 4. The third-order valence-corrected chi connectivity index (χ3v) is 6.63. The number of likely N-dealkylation sites (tertiary alicyclic amines) is 2. The summed E-state index contributed by atoms with van der Waals surface area (Å²) in [4.78, 5) is 9.68. The van der Waals surface area contributed by atoms with E-state index in [0.29, 0.717) is 0 Å². The van der Waals surface area contributed by atoms with Crippen LogP contribution in [0.5, 0.6) is 0 Å². The molecule has 3 aliphatic rings. The molecule has 0 bridgehead atoms. The molecule has 4 heteroatoms. The zero-order chi connectivity index (χ0) is 18.1. The van der Waals surface area contributed by atoms with Crippen molar-refractivity contribution in [3.05, 3.63) is 0 Å². The largest absolute Gasteiger partial charge is 0.306 e. The molecule has 0 aromatic heterocycles. The molecule has 25 heavy (non-hydrogen) atoms. The summed E-state index contributed by atoms with van der Waals surface area (Å²) in [7, 11) is 8.86. The number of rotatable bonds is 4. The topological polar surface area (TPSA) is 13.0 Å². The second kappa shape index (κ2) is 11.5. The third-order valence-electron chi connectivity index (χ3n) is 6.63. The lowest BCUT2D eigenvalue weighted by Gasteiger charge is -2.31. The van der Waals surface area contributed by atoms with E-state index in [0.717, 1.165) is 11.8 Å². The van der Waals surface area contributed by atoms with E-state index in [9.17, 15) is 0 Å². The molecule has 3 saturated heterocycles. The molecule has 4 nitrogen and oxygen atoms in total. The van der Waals surface area contributed by atoms with Crippen LogP contribution in [0.3, 0.4) is 0 Å². The summed E-state index contributed by atoms with van der Waals surface area (Å²) in [6.07, 6.45) is 10.3. The van der Waals surface area contributed by atoms with Crippen LogP contribution >= 0.6 is 0 Å². The van der Waals surface area contributed by atoms with E-state index >= 15 is 0 Å². The van der Waals surface area contributed by atoms with Gasteiger partial charge in [0.25, 0.3) is 0 Å². The summed E-state index contributed by atoms with van der Waals surface area (Å²) < 4.78 is 0. The van der Waals surface area contributed by atoms with Crippen molar-refractivity contribution in [1.29, 1.82) is 0 Å². The van der Waals surface area contributed by atoms with Crippen molar-refractivity contribution >= 4 is 0 Å². The van der Waals surface area contributed by atoms with Crippen molar-refractivity contribution < 1.29 is 0 Å². The first-order chi connectivity index (χ1) is 12.0. The number of likely N-dealkylation sites (N-methyl/N-ethyl adjacent to an activating group) is 2. The Kier molecular flexibility index (Phi) is 9.75. The molecule has 3 rings (SSSR count). The Bertz CT molecular complexity index is 293. The molecule has 0 aromatic rings. The fraction of sp³-hybridized carbons (Fsp3) is 1.00. The maximum Gasteiger partial charge on any atom is 0.0107 e. The average molecular weight is 353 g/mol. The van der Waals surface area contributed by atoms with Crippen molar-refractivity contribution in [2.75, 3.05) is 80.5 Å². The maximum absolute atomic E-state index is 2.48. The second-order valence-corrected chi connectivity index (χ2v) is 9.03. The van der Waals surface area contributed by atoms with E-state index in [4.69, 9.17) is 0 Å². The minimum Gasteiger partial charge on any atom is -0.306 e. The van der Waals surface area contributed by atoms with E-state index in [2.05, 4.69) is 47.8 Å². The molecule has 0 radical (unpaired) electrons. The Hall–Kier alpha value is -0.160. The number of piperazine rings is 1. The first kappa shape index (κ1) is 21.1.